The molecule has 1 aliphatic carbocycles. The Morgan fingerprint density at radius 1 is 1.36 bits per heavy atom. The minimum atomic E-state index is 0.766. The molecule has 0 amide bonds. The highest BCUT2D eigenvalue weighted by Gasteiger charge is 2.25. The van der Waals surface area contributed by atoms with Gasteiger partial charge in [0, 0.05) is 5.02 Å². The molecule has 0 atom stereocenters. The Kier molecular flexibility index (Phi) is 1.65. The number of rotatable bonds is 1. The van der Waals surface area contributed by atoms with Crippen molar-refractivity contribution in [3.05, 3.63) is 34.3 Å². The molecular weight excluding hydrogens is 156 g/mol. The number of halogens is 1. The molecule has 1 saturated carbocycles. The predicted molar refractivity (Wildman–Crippen MR) is 48.2 cm³/mol. The van der Waals surface area contributed by atoms with Crippen molar-refractivity contribution < 1.29 is 0 Å². The van der Waals surface area contributed by atoms with Crippen LogP contribution in [0.3, 0.4) is 0 Å². The fourth-order valence-electron chi connectivity index (χ4n) is 1.38. The molecule has 2 rings (SSSR count). The van der Waals surface area contributed by atoms with Crippen molar-refractivity contribution in [2.75, 3.05) is 0 Å². The molecule has 1 aliphatic rings. The van der Waals surface area contributed by atoms with Crippen molar-refractivity contribution in [1.29, 1.82) is 0 Å². The normalized spacial score (nSPS) is 16.9. The highest BCUT2D eigenvalue weighted by Crippen LogP contribution is 2.43. The van der Waals surface area contributed by atoms with Gasteiger partial charge in [-0.05, 0) is 36.8 Å². The van der Waals surface area contributed by atoms with Gasteiger partial charge in [0.05, 0.1) is 0 Å². The largest absolute Gasteiger partial charge is 0.0837 e. The summed E-state index contributed by atoms with van der Waals surface area (Å²) in [6.07, 6.45) is 2.65. The second kappa shape index (κ2) is 2.53. The first-order valence-corrected chi connectivity index (χ1v) is 4.42. The maximum Gasteiger partial charge on any atom is 0.0469 e. The minimum Gasteiger partial charge on any atom is -0.0837 e. The van der Waals surface area contributed by atoms with E-state index < -0.39 is 0 Å². The molecule has 0 unspecified atom stereocenters. The third-order valence-electron chi connectivity index (χ3n) is 2.24. The van der Waals surface area contributed by atoms with Crippen LogP contribution in [-0.2, 0) is 0 Å². The molecule has 0 bridgehead atoms. The Labute approximate surface area is 72.2 Å². The molecule has 0 aromatic heterocycles. The van der Waals surface area contributed by atoms with Gasteiger partial charge in [-0.25, -0.2) is 0 Å². The monoisotopic (exact) mass is 166 g/mol. The lowest BCUT2D eigenvalue weighted by Crippen LogP contribution is -1.83. The van der Waals surface area contributed by atoms with Crippen molar-refractivity contribution in [3.63, 3.8) is 0 Å². The minimum absolute atomic E-state index is 0.766. The Balaban J connectivity index is 2.45. The van der Waals surface area contributed by atoms with Crippen molar-refractivity contribution in [1.82, 2.24) is 0 Å². The van der Waals surface area contributed by atoms with Crippen molar-refractivity contribution >= 4 is 11.6 Å². The van der Waals surface area contributed by atoms with Crippen LogP contribution in [-0.4, -0.2) is 0 Å². The van der Waals surface area contributed by atoms with Gasteiger partial charge >= 0.3 is 0 Å². The summed E-state index contributed by atoms with van der Waals surface area (Å²) in [5.74, 6) is 0.766. The lowest BCUT2D eigenvalue weighted by Gasteiger charge is -2.03. The Bertz CT molecular complexity index is 274. The van der Waals surface area contributed by atoms with Crippen molar-refractivity contribution in [3.8, 4) is 0 Å². The topological polar surface area (TPSA) is 0 Å². The van der Waals surface area contributed by atoms with Gasteiger partial charge in [-0.3, -0.25) is 0 Å². The van der Waals surface area contributed by atoms with E-state index in [0.29, 0.717) is 0 Å². The summed E-state index contributed by atoms with van der Waals surface area (Å²) >= 11 is 6.13. The molecular formula is C10H11Cl. The lowest BCUT2D eigenvalue weighted by atomic mass is 10.1. The van der Waals surface area contributed by atoms with Crippen LogP contribution in [0, 0.1) is 6.92 Å². The quantitative estimate of drug-likeness (QED) is 0.599. The molecule has 0 N–H and O–H groups in total. The molecule has 0 heterocycles. The van der Waals surface area contributed by atoms with E-state index in [9.17, 15) is 0 Å². The average molecular weight is 167 g/mol. The molecule has 0 nitrogen and oxygen atoms in total. The lowest BCUT2D eigenvalue weighted by molar-refractivity contribution is 1.12. The van der Waals surface area contributed by atoms with Gasteiger partial charge in [-0.2, -0.15) is 0 Å². The van der Waals surface area contributed by atoms with E-state index in [4.69, 9.17) is 11.6 Å². The Morgan fingerprint density at radius 3 is 2.73 bits per heavy atom. The molecule has 1 aromatic carbocycles. The maximum absolute atomic E-state index is 6.13. The van der Waals surface area contributed by atoms with Crippen LogP contribution in [0.2, 0.25) is 5.02 Å². The molecule has 0 saturated heterocycles. The second-order valence-electron chi connectivity index (χ2n) is 3.25. The maximum atomic E-state index is 6.13. The van der Waals surface area contributed by atoms with E-state index >= 15 is 0 Å². The molecule has 11 heavy (non-hydrogen) atoms. The smallest absolute Gasteiger partial charge is 0.0469 e. The van der Waals surface area contributed by atoms with E-state index in [1.807, 2.05) is 0 Å². The first-order valence-electron chi connectivity index (χ1n) is 4.04. The van der Waals surface area contributed by atoms with Gasteiger partial charge in [0.15, 0.2) is 0 Å². The van der Waals surface area contributed by atoms with Crippen molar-refractivity contribution in [2.24, 2.45) is 0 Å². The zero-order chi connectivity index (χ0) is 7.84. The van der Waals surface area contributed by atoms with Gasteiger partial charge in [0.1, 0.15) is 0 Å². The van der Waals surface area contributed by atoms with E-state index in [1.54, 1.807) is 0 Å². The van der Waals surface area contributed by atoms with Gasteiger partial charge < -0.3 is 0 Å². The zero-order valence-electron chi connectivity index (χ0n) is 6.60. The van der Waals surface area contributed by atoms with Crippen LogP contribution in [0.1, 0.15) is 29.9 Å². The van der Waals surface area contributed by atoms with Crippen LogP contribution in [0.5, 0.6) is 0 Å². The number of benzene rings is 1. The van der Waals surface area contributed by atoms with E-state index in [-0.39, 0.29) is 0 Å². The molecule has 0 aliphatic heterocycles. The number of hydrogen-bond acceptors (Lipinski definition) is 0. The van der Waals surface area contributed by atoms with Gasteiger partial charge in [0.25, 0.3) is 0 Å². The van der Waals surface area contributed by atoms with Gasteiger partial charge in [-0.1, -0.05) is 29.8 Å². The first-order chi connectivity index (χ1) is 5.29. The summed E-state index contributed by atoms with van der Waals surface area (Å²) in [5, 5.41) is 0.981. The zero-order valence-corrected chi connectivity index (χ0v) is 7.36. The van der Waals surface area contributed by atoms with Crippen LogP contribution in [0.25, 0.3) is 0 Å². The Hall–Kier alpha value is -0.490. The highest BCUT2D eigenvalue weighted by molar-refractivity contribution is 6.32. The predicted octanol–water partition coefficient (Wildman–Crippen LogP) is 3.53. The summed E-state index contributed by atoms with van der Waals surface area (Å²) in [5.41, 5.74) is 2.56. The fourth-order valence-corrected chi connectivity index (χ4v) is 1.66. The van der Waals surface area contributed by atoms with Crippen LogP contribution < -0.4 is 0 Å². The molecule has 0 radical (unpaired) electrons. The third kappa shape index (κ3) is 1.28. The summed E-state index contributed by atoms with van der Waals surface area (Å²) < 4.78 is 0. The average Bonchev–Trinajstić information content (AvgIpc) is 2.77. The summed E-state index contributed by atoms with van der Waals surface area (Å²) in [4.78, 5) is 0. The van der Waals surface area contributed by atoms with Gasteiger partial charge in [0.2, 0.25) is 0 Å². The molecule has 0 spiro atoms. The number of hydrogen-bond donors (Lipinski definition) is 0. The SMILES string of the molecule is Cc1cccc(C2CC2)c1Cl. The van der Waals surface area contributed by atoms with Crippen LogP contribution in [0.15, 0.2) is 18.2 Å². The van der Waals surface area contributed by atoms with Crippen molar-refractivity contribution in [2.45, 2.75) is 25.7 Å². The molecule has 1 fully saturated rings. The third-order valence-corrected chi connectivity index (χ3v) is 2.76. The summed E-state index contributed by atoms with van der Waals surface area (Å²) in [6, 6.07) is 6.30. The molecule has 1 aromatic rings. The van der Waals surface area contributed by atoms with Gasteiger partial charge in [-0.15, -0.1) is 0 Å². The fraction of sp³-hybridized carbons (Fsp3) is 0.400. The standard InChI is InChI=1S/C10H11Cl/c1-7-3-2-4-9(10(7)11)8-5-6-8/h2-4,8H,5-6H2,1H3. The van der Waals surface area contributed by atoms with Crippen LogP contribution in [0.4, 0.5) is 0 Å². The second-order valence-corrected chi connectivity index (χ2v) is 3.63. The molecule has 1 heteroatoms. The van der Waals surface area contributed by atoms with Crippen LogP contribution >= 0.6 is 11.6 Å². The van der Waals surface area contributed by atoms with E-state index in [0.717, 1.165) is 10.9 Å². The summed E-state index contributed by atoms with van der Waals surface area (Å²) in [6.45, 7) is 2.06. The number of aryl methyl sites for hydroxylation is 1. The highest BCUT2D eigenvalue weighted by atomic mass is 35.5. The Morgan fingerprint density at radius 2 is 2.09 bits per heavy atom. The van der Waals surface area contributed by atoms with E-state index in [1.165, 1.54) is 24.0 Å². The first kappa shape index (κ1) is 7.17. The summed E-state index contributed by atoms with van der Waals surface area (Å²) in [7, 11) is 0. The van der Waals surface area contributed by atoms with E-state index in [2.05, 4.69) is 25.1 Å². The molecule has 58 valence electrons.